The van der Waals surface area contributed by atoms with Crippen molar-refractivity contribution in [1.82, 2.24) is 0 Å². The van der Waals surface area contributed by atoms with Gasteiger partial charge in [-0.2, -0.15) is 0 Å². The monoisotopic (exact) mass is 214 g/mol. The molecule has 0 aromatic carbocycles. The van der Waals surface area contributed by atoms with Crippen LogP contribution in [0, 0.1) is 5.41 Å². The molecule has 0 spiro atoms. The topological polar surface area (TPSA) is 52.6 Å². The van der Waals surface area contributed by atoms with Crippen molar-refractivity contribution in [3.63, 3.8) is 0 Å². The molecule has 0 saturated heterocycles. The zero-order valence-corrected chi connectivity index (χ0v) is 9.70. The maximum atomic E-state index is 11.6. The van der Waals surface area contributed by atoms with Crippen molar-refractivity contribution in [2.24, 2.45) is 5.41 Å². The second kappa shape index (κ2) is 6.22. The Morgan fingerprint density at radius 2 is 1.53 bits per heavy atom. The average Bonchev–Trinajstić information content (AvgIpc) is 2.18. The Kier molecular flexibility index (Phi) is 5.67. The number of carbonyl (C=O) groups is 2. The minimum absolute atomic E-state index is 0.241. The van der Waals surface area contributed by atoms with Gasteiger partial charge in [0.05, 0.1) is 13.2 Å². The van der Waals surface area contributed by atoms with Crippen LogP contribution in [0.3, 0.4) is 0 Å². The Morgan fingerprint density at radius 1 is 1.13 bits per heavy atom. The Bertz CT molecular complexity index is 237. The SMILES string of the molecule is C/C=C/C(C)(C(=O)OCC)C(=O)OCC. The summed E-state index contributed by atoms with van der Waals surface area (Å²) in [7, 11) is 0. The number of hydrogen-bond donors (Lipinski definition) is 0. The number of hydrogen-bond acceptors (Lipinski definition) is 4. The third-order valence-electron chi connectivity index (χ3n) is 1.90. The summed E-state index contributed by atoms with van der Waals surface area (Å²) in [6, 6.07) is 0. The zero-order valence-electron chi connectivity index (χ0n) is 9.70. The molecule has 0 aliphatic rings. The summed E-state index contributed by atoms with van der Waals surface area (Å²) in [6.07, 6.45) is 3.12. The van der Waals surface area contributed by atoms with E-state index in [0.717, 1.165) is 0 Å². The van der Waals surface area contributed by atoms with Gasteiger partial charge in [-0.15, -0.1) is 0 Å². The van der Waals surface area contributed by atoms with Crippen LogP contribution in [-0.2, 0) is 19.1 Å². The first-order valence-electron chi connectivity index (χ1n) is 5.01. The van der Waals surface area contributed by atoms with Gasteiger partial charge in [-0.25, -0.2) is 0 Å². The molecule has 0 aliphatic heterocycles. The van der Waals surface area contributed by atoms with E-state index in [9.17, 15) is 9.59 Å². The summed E-state index contributed by atoms with van der Waals surface area (Å²) in [6.45, 7) is 7.09. The van der Waals surface area contributed by atoms with Crippen LogP contribution in [0.1, 0.15) is 27.7 Å². The molecular formula is C11H18O4. The Hall–Kier alpha value is -1.32. The lowest BCUT2D eigenvalue weighted by Gasteiger charge is -2.21. The minimum atomic E-state index is -1.33. The fraction of sp³-hybridized carbons (Fsp3) is 0.636. The number of esters is 2. The van der Waals surface area contributed by atoms with Gasteiger partial charge in [0.25, 0.3) is 0 Å². The fourth-order valence-corrected chi connectivity index (χ4v) is 1.11. The lowest BCUT2D eigenvalue weighted by Crippen LogP contribution is -2.37. The van der Waals surface area contributed by atoms with Crippen molar-refractivity contribution in [3.8, 4) is 0 Å². The Balaban J connectivity index is 4.87. The molecule has 0 bridgehead atoms. The first kappa shape index (κ1) is 13.7. The van der Waals surface area contributed by atoms with Crippen LogP contribution < -0.4 is 0 Å². The fourth-order valence-electron chi connectivity index (χ4n) is 1.11. The van der Waals surface area contributed by atoms with Crippen LogP contribution in [0.4, 0.5) is 0 Å². The highest BCUT2D eigenvalue weighted by Gasteiger charge is 2.41. The van der Waals surface area contributed by atoms with Crippen LogP contribution in [0.25, 0.3) is 0 Å². The molecule has 0 aromatic heterocycles. The summed E-state index contributed by atoms with van der Waals surface area (Å²) < 4.78 is 9.67. The Labute approximate surface area is 90.2 Å². The van der Waals surface area contributed by atoms with Crippen molar-refractivity contribution >= 4 is 11.9 Å². The molecule has 0 aliphatic carbocycles. The van der Waals surface area contributed by atoms with E-state index in [1.165, 1.54) is 13.0 Å². The molecule has 4 nitrogen and oxygen atoms in total. The van der Waals surface area contributed by atoms with Gasteiger partial charge < -0.3 is 9.47 Å². The number of carbonyl (C=O) groups excluding carboxylic acids is 2. The van der Waals surface area contributed by atoms with Gasteiger partial charge in [-0.1, -0.05) is 12.2 Å². The molecule has 0 fully saturated rings. The van der Waals surface area contributed by atoms with Gasteiger partial charge in [0.15, 0.2) is 5.41 Å². The quantitative estimate of drug-likeness (QED) is 0.397. The molecule has 0 N–H and O–H groups in total. The molecule has 0 saturated carbocycles. The van der Waals surface area contributed by atoms with Crippen molar-refractivity contribution in [3.05, 3.63) is 12.2 Å². The normalized spacial score (nSPS) is 11.5. The zero-order chi connectivity index (χ0) is 11.9. The molecular weight excluding hydrogens is 196 g/mol. The van der Waals surface area contributed by atoms with E-state index in [2.05, 4.69) is 0 Å². The third kappa shape index (κ3) is 3.38. The second-order valence-electron chi connectivity index (χ2n) is 3.14. The van der Waals surface area contributed by atoms with Crippen molar-refractivity contribution in [1.29, 1.82) is 0 Å². The first-order chi connectivity index (χ1) is 7.02. The predicted molar refractivity (Wildman–Crippen MR) is 56.2 cm³/mol. The van der Waals surface area contributed by atoms with Crippen LogP contribution in [0.2, 0.25) is 0 Å². The average molecular weight is 214 g/mol. The third-order valence-corrected chi connectivity index (χ3v) is 1.90. The number of ether oxygens (including phenoxy) is 2. The number of allylic oxidation sites excluding steroid dienone is 1. The van der Waals surface area contributed by atoms with Gasteiger partial charge in [0, 0.05) is 0 Å². The van der Waals surface area contributed by atoms with E-state index in [-0.39, 0.29) is 13.2 Å². The van der Waals surface area contributed by atoms with Crippen LogP contribution in [0.5, 0.6) is 0 Å². The van der Waals surface area contributed by atoms with Gasteiger partial charge in [0.2, 0.25) is 0 Å². The molecule has 0 rings (SSSR count). The summed E-state index contributed by atoms with van der Waals surface area (Å²) in [4.78, 5) is 23.2. The largest absolute Gasteiger partial charge is 0.465 e. The van der Waals surface area contributed by atoms with Crippen molar-refractivity contribution in [2.75, 3.05) is 13.2 Å². The van der Waals surface area contributed by atoms with E-state index in [1.807, 2.05) is 0 Å². The second-order valence-corrected chi connectivity index (χ2v) is 3.14. The summed E-state index contributed by atoms with van der Waals surface area (Å²) in [5, 5.41) is 0. The van der Waals surface area contributed by atoms with Crippen LogP contribution in [0.15, 0.2) is 12.2 Å². The van der Waals surface area contributed by atoms with E-state index < -0.39 is 17.4 Å². The highest BCUT2D eigenvalue weighted by atomic mass is 16.6. The molecule has 86 valence electrons. The summed E-state index contributed by atoms with van der Waals surface area (Å²) in [5.74, 6) is -1.16. The van der Waals surface area contributed by atoms with Crippen LogP contribution in [-0.4, -0.2) is 25.2 Å². The molecule has 0 unspecified atom stereocenters. The van der Waals surface area contributed by atoms with Gasteiger partial charge in [0.1, 0.15) is 0 Å². The lowest BCUT2D eigenvalue weighted by atomic mass is 9.90. The van der Waals surface area contributed by atoms with E-state index in [0.29, 0.717) is 0 Å². The highest BCUT2D eigenvalue weighted by molar-refractivity contribution is 6.01. The molecule has 0 radical (unpaired) electrons. The summed E-state index contributed by atoms with van der Waals surface area (Å²) in [5.41, 5.74) is -1.33. The van der Waals surface area contributed by atoms with E-state index in [4.69, 9.17) is 9.47 Å². The van der Waals surface area contributed by atoms with E-state index >= 15 is 0 Å². The maximum absolute atomic E-state index is 11.6. The van der Waals surface area contributed by atoms with Gasteiger partial charge >= 0.3 is 11.9 Å². The first-order valence-corrected chi connectivity index (χ1v) is 5.01. The highest BCUT2D eigenvalue weighted by Crippen LogP contribution is 2.22. The number of rotatable bonds is 5. The smallest absolute Gasteiger partial charge is 0.327 e. The molecule has 15 heavy (non-hydrogen) atoms. The van der Waals surface area contributed by atoms with Gasteiger partial charge in [-0.05, 0) is 27.7 Å². The van der Waals surface area contributed by atoms with Gasteiger partial charge in [-0.3, -0.25) is 9.59 Å². The Morgan fingerprint density at radius 3 is 1.80 bits per heavy atom. The molecule has 0 aromatic rings. The van der Waals surface area contributed by atoms with Crippen molar-refractivity contribution in [2.45, 2.75) is 27.7 Å². The molecule has 0 heterocycles. The molecule has 0 atom stereocenters. The maximum Gasteiger partial charge on any atom is 0.327 e. The minimum Gasteiger partial charge on any atom is -0.465 e. The summed E-state index contributed by atoms with van der Waals surface area (Å²) >= 11 is 0. The molecule has 0 amide bonds. The predicted octanol–water partition coefficient (Wildman–Crippen LogP) is 1.70. The van der Waals surface area contributed by atoms with Crippen molar-refractivity contribution < 1.29 is 19.1 Å². The van der Waals surface area contributed by atoms with E-state index in [1.54, 1.807) is 26.8 Å². The lowest BCUT2D eigenvalue weighted by molar-refractivity contribution is -0.166. The molecule has 4 heteroatoms. The standard InChI is InChI=1S/C11H18O4/c1-5-8-11(4,9(12)14-6-2)10(13)15-7-3/h5,8H,6-7H2,1-4H3/b8-5+. The van der Waals surface area contributed by atoms with Crippen LogP contribution >= 0.6 is 0 Å².